The van der Waals surface area contributed by atoms with Gasteiger partial charge in [-0.05, 0) is 42.1 Å². The van der Waals surface area contributed by atoms with E-state index in [-0.39, 0.29) is 0 Å². The number of methoxy groups -OCH3 is 1. The summed E-state index contributed by atoms with van der Waals surface area (Å²) < 4.78 is 5.13. The van der Waals surface area contributed by atoms with Crippen LogP contribution in [0.4, 0.5) is 0 Å². The van der Waals surface area contributed by atoms with E-state index < -0.39 is 0 Å². The Morgan fingerprint density at radius 3 is 2.94 bits per heavy atom. The van der Waals surface area contributed by atoms with Crippen LogP contribution in [0, 0.1) is 6.92 Å². The average molecular weight is 217 g/mol. The molecule has 0 saturated heterocycles. The van der Waals surface area contributed by atoms with Crippen LogP contribution in [-0.2, 0) is 0 Å². The Hall–Kier alpha value is -1.93. The quantitative estimate of drug-likeness (QED) is 0.321. The molecule has 0 amide bonds. The Morgan fingerprint density at radius 1 is 1.50 bits per heavy atom. The Balaban J connectivity index is 2.63. The van der Waals surface area contributed by atoms with Gasteiger partial charge in [0, 0.05) is 11.5 Å². The second kappa shape index (κ2) is 6.53. The van der Waals surface area contributed by atoms with Crippen LogP contribution >= 0.6 is 0 Å². The molecule has 4 heteroatoms. The standard InChI is InChI=1S/C12H15N3O/c1-10-9-12(16-2)7-6-11(10)5-3-4-8-14-15-13/h3,5-7,9H,4,8H2,1-2H3. The second-order valence-electron chi connectivity index (χ2n) is 3.37. The summed E-state index contributed by atoms with van der Waals surface area (Å²) in [4.78, 5) is 2.70. The Morgan fingerprint density at radius 2 is 2.31 bits per heavy atom. The highest BCUT2D eigenvalue weighted by Gasteiger charge is 1.96. The predicted octanol–water partition coefficient (Wildman–Crippen LogP) is 3.72. The molecule has 0 radical (unpaired) electrons. The molecule has 84 valence electrons. The van der Waals surface area contributed by atoms with Gasteiger partial charge in [0.15, 0.2) is 0 Å². The van der Waals surface area contributed by atoms with Crippen molar-refractivity contribution in [2.24, 2.45) is 5.11 Å². The first kappa shape index (κ1) is 12.1. The van der Waals surface area contributed by atoms with Gasteiger partial charge in [0.2, 0.25) is 0 Å². The first-order valence-corrected chi connectivity index (χ1v) is 5.10. The van der Waals surface area contributed by atoms with E-state index in [1.807, 2.05) is 37.3 Å². The zero-order chi connectivity index (χ0) is 11.8. The van der Waals surface area contributed by atoms with Crippen molar-refractivity contribution in [1.29, 1.82) is 0 Å². The summed E-state index contributed by atoms with van der Waals surface area (Å²) in [6, 6.07) is 5.94. The largest absolute Gasteiger partial charge is 0.497 e. The normalized spacial score (nSPS) is 10.1. The summed E-state index contributed by atoms with van der Waals surface area (Å²) in [5.74, 6) is 0.865. The lowest BCUT2D eigenvalue weighted by Gasteiger charge is -2.03. The minimum absolute atomic E-state index is 0.502. The van der Waals surface area contributed by atoms with Crippen molar-refractivity contribution in [2.75, 3.05) is 13.7 Å². The van der Waals surface area contributed by atoms with Crippen LogP contribution in [0.25, 0.3) is 16.5 Å². The van der Waals surface area contributed by atoms with E-state index in [4.69, 9.17) is 10.3 Å². The van der Waals surface area contributed by atoms with Crippen LogP contribution in [-0.4, -0.2) is 13.7 Å². The number of hydrogen-bond acceptors (Lipinski definition) is 2. The van der Waals surface area contributed by atoms with Gasteiger partial charge in [0.25, 0.3) is 0 Å². The van der Waals surface area contributed by atoms with Gasteiger partial charge in [-0.1, -0.05) is 23.3 Å². The maximum absolute atomic E-state index is 8.10. The third-order valence-corrected chi connectivity index (χ3v) is 2.23. The SMILES string of the molecule is COc1ccc(C=CCCN=[N+]=[N-])c(C)c1. The minimum Gasteiger partial charge on any atom is -0.497 e. The van der Waals surface area contributed by atoms with Crippen LogP contribution in [0.1, 0.15) is 17.5 Å². The molecule has 0 N–H and O–H groups in total. The zero-order valence-corrected chi connectivity index (χ0v) is 9.55. The Labute approximate surface area is 95.2 Å². The monoisotopic (exact) mass is 217 g/mol. The summed E-state index contributed by atoms with van der Waals surface area (Å²) in [5, 5.41) is 3.46. The van der Waals surface area contributed by atoms with Crippen LogP contribution in [0.2, 0.25) is 0 Å². The lowest BCUT2D eigenvalue weighted by molar-refractivity contribution is 0.414. The molecule has 0 bridgehead atoms. The molecular weight excluding hydrogens is 202 g/mol. The number of benzene rings is 1. The Kier molecular flexibility index (Phi) is 4.96. The van der Waals surface area contributed by atoms with E-state index in [9.17, 15) is 0 Å². The fourth-order valence-corrected chi connectivity index (χ4v) is 1.35. The summed E-state index contributed by atoms with van der Waals surface area (Å²) in [6.07, 6.45) is 4.79. The molecule has 1 aromatic carbocycles. The maximum atomic E-state index is 8.10. The molecule has 0 unspecified atom stereocenters. The van der Waals surface area contributed by atoms with Crippen molar-refractivity contribution >= 4 is 6.08 Å². The summed E-state index contributed by atoms with van der Waals surface area (Å²) in [5.41, 5.74) is 10.4. The van der Waals surface area contributed by atoms with Crippen molar-refractivity contribution in [3.63, 3.8) is 0 Å². The van der Waals surface area contributed by atoms with Gasteiger partial charge < -0.3 is 4.74 Å². The lowest BCUT2D eigenvalue weighted by atomic mass is 10.1. The number of aryl methyl sites for hydroxylation is 1. The predicted molar refractivity (Wildman–Crippen MR) is 65.4 cm³/mol. The molecule has 0 aliphatic carbocycles. The molecule has 0 aliphatic heterocycles. The molecular formula is C12H15N3O. The minimum atomic E-state index is 0.502. The van der Waals surface area contributed by atoms with E-state index in [0.29, 0.717) is 6.54 Å². The third kappa shape index (κ3) is 3.67. The molecule has 1 aromatic rings. The first-order chi connectivity index (χ1) is 7.77. The molecule has 1 rings (SSSR count). The van der Waals surface area contributed by atoms with Gasteiger partial charge in [0.05, 0.1) is 7.11 Å². The van der Waals surface area contributed by atoms with Crippen molar-refractivity contribution < 1.29 is 4.74 Å². The van der Waals surface area contributed by atoms with Gasteiger partial charge >= 0.3 is 0 Å². The van der Waals surface area contributed by atoms with Crippen molar-refractivity contribution in [1.82, 2.24) is 0 Å². The molecule has 16 heavy (non-hydrogen) atoms. The molecule has 0 aromatic heterocycles. The van der Waals surface area contributed by atoms with Gasteiger partial charge in [-0.2, -0.15) is 0 Å². The van der Waals surface area contributed by atoms with E-state index in [2.05, 4.69) is 10.0 Å². The number of nitrogens with zero attached hydrogens (tertiary/aromatic N) is 3. The fourth-order valence-electron chi connectivity index (χ4n) is 1.35. The molecule has 0 atom stereocenters. The van der Waals surface area contributed by atoms with E-state index in [1.54, 1.807) is 7.11 Å². The highest BCUT2D eigenvalue weighted by atomic mass is 16.5. The number of rotatable bonds is 5. The Bertz CT molecular complexity index is 420. The maximum Gasteiger partial charge on any atom is 0.119 e. The molecule has 0 heterocycles. The smallest absolute Gasteiger partial charge is 0.119 e. The molecule has 0 aliphatic rings. The summed E-state index contributed by atoms with van der Waals surface area (Å²) in [7, 11) is 1.66. The second-order valence-corrected chi connectivity index (χ2v) is 3.37. The lowest BCUT2D eigenvalue weighted by Crippen LogP contribution is -1.86. The van der Waals surface area contributed by atoms with Crippen molar-refractivity contribution in [3.05, 3.63) is 45.8 Å². The summed E-state index contributed by atoms with van der Waals surface area (Å²) >= 11 is 0. The van der Waals surface area contributed by atoms with Crippen LogP contribution in [0.3, 0.4) is 0 Å². The molecule has 0 saturated carbocycles. The van der Waals surface area contributed by atoms with Gasteiger partial charge in [0.1, 0.15) is 5.75 Å². The van der Waals surface area contributed by atoms with E-state index in [1.165, 1.54) is 5.56 Å². The van der Waals surface area contributed by atoms with Crippen LogP contribution < -0.4 is 4.74 Å². The summed E-state index contributed by atoms with van der Waals surface area (Å²) in [6.45, 7) is 2.54. The average Bonchev–Trinajstić information content (AvgIpc) is 2.30. The number of ether oxygens (including phenoxy) is 1. The van der Waals surface area contributed by atoms with Crippen molar-refractivity contribution in [3.8, 4) is 5.75 Å². The number of azide groups is 1. The van der Waals surface area contributed by atoms with Crippen LogP contribution in [0.5, 0.6) is 5.75 Å². The highest BCUT2D eigenvalue weighted by Crippen LogP contribution is 2.17. The van der Waals surface area contributed by atoms with Crippen molar-refractivity contribution in [2.45, 2.75) is 13.3 Å². The molecule has 0 spiro atoms. The topological polar surface area (TPSA) is 58.0 Å². The first-order valence-electron chi connectivity index (χ1n) is 5.10. The van der Waals surface area contributed by atoms with Gasteiger partial charge in [-0.15, -0.1) is 0 Å². The van der Waals surface area contributed by atoms with Gasteiger partial charge in [-0.25, -0.2) is 0 Å². The van der Waals surface area contributed by atoms with E-state index in [0.717, 1.165) is 17.7 Å². The fraction of sp³-hybridized carbons (Fsp3) is 0.333. The van der Waals surface area contributed by atoms with Crippen LogP contribution in [0.15, 0.2) is 29.4 Å². The zero-order valence-electron chi connectivity index (χ0n) is 9.55. The molecule has 0 fully saturated rings. The third-order valence-electron chi connectivity index (χ3n) is 2.23. The van der Waals surface area contributed by atoms with E-state index >= 15 is 0 Å². The highest BCUT2D eigenvalue weighted by molar-refractivity contribution is 5.55. The molecule has 4 nitrogen and oxygen atoms in total. The number of hydrogen-bond donors (Lipinski definition) is 0. The van der Waals surface area contributed by atoms with Gasteiger partial charge in [-0.3, -0.25) is 0 Å².